The second kappa shape index (κ2) is 6.49. The van der Waals surface area contributed by atoms with Gasteiger partial charge in [-0.3, -0.25) is 0 Å². The van der Waals surface area contributed by atoms with E-state index >= 15 is 0 Å². The number of thioether (sulfide) groups is 1. The summed E-state index contributed by atoms with van der Waals surface area (Å²) in [6.07, 6.45) is 5.18. The molecule has 0 aromatic heterocycles. The fourth-order valence-corrected chi connectivity index (χ4v) is 2.05. The third kappa shape index (κ3) is 5.69. The first-order valence-corrected chi connectivity index (χ1v) is 6.57. The fourth-order valence-electron chi connectivity index (χ4n) is 1.53. The maximum atomic E-state index is 13.8. The zero-order valence-electron chi connectivity index (χ0n) is 9.90. The van der Waals surface area contributed by atoms with Crippen LogP contribution in [0.1, 0.15) is 46.5 Å². The van der Waals surface area contributed by atoms with Crippen LogP contribution in [-0.2, 0) is 0 Å². The van der Waals surface area contributed by atoms with Gasteiger partial charge in [-0.05, 0) is 43.3 Å². The van der Waals surface area contributed by atoms with Crippen LogP contribution in [0.5, 0.6) is 0 Å². The lowest BCUT2D eigenvalue weighted by molar-refractivity contribution is 0.152. The van der Waals surface area contributed by atoms with Gasteiger partial charge in [0.15, 0.2) is 0 Å². The number of alkyl halides is 1. The summed E-state index contributed by atoms with van der Waals surface area (Å²) in [5.74, 6) is 0.428. The number of hydrogen-bond donors (Lipinski definition) is 0. The minimum absolute atomic E-state index is 0.428. The van der Waals surface area contributed by atoms with Crippen molar-refractivity contribution in [3.8, 4) is 0 Å². The Bertz CT molecular complexity index is 175. The zero-order valence-corrected chi connectivity index (χ0v) is 10.7. The Balaban J connectivity index is 3.86. The SMILES string of the molecule is C=C(SC)C(C)CCC(C)(F)CCC. The Kier molecular flexibility index (Phi) is 6.50. The van der Waals surface area contributed by atoms with E-state index in [0.717, 1.165) is 17.7 Å². The minimum atomic E-state index is -0.984. The molecule has 0 saturated carbocycles. The van der Waals surface area contributed by atoms with Gasteiger partial charge in [0.25, 0.3) is 0 Å². The van der Waals surface area contributed by atoms with Crippen molar-refractivity contribution in [3.63, 3.8) is 0 Å². The molecule has 0 amide bonds. The Labute approximate surface area is 92.4 Å². The highest BCUT2D eigenvalue weighted by Crippen LogP contribution is 2.30. The van der Waals surface area contributed by atoms with Crippen LogP contribution in [0.15, 0.2) is 11.5 Å². The lowest BCUT2D eigenvalue weighted by Gasteiger charge is -2.22. The van der Waals surface area contributed by atoms with Gasteiger partial charge in [0.1, 0.15) is 5.67 Å². The fraction of sp³-hybridized carbons (Fsp3) is 0.833. The van der Waals surface area contributed by atoms with Crippen molar-refractivity contribution in [2.75, 3.05) is 6.26 Å². The van der Waals surface area contributed by atoms with Crippen molar-refractivity contribution in [2.24, 2.45) is 5.92 Å². The molecule has 0 aliphatic carbocycles. The predicted octanol–water partition coefficient (Wildman–Crippen LogP) is 4.81. The highest BCUT2D eigenvalue weighted by Gasteiger charge is 2.22. The molecule has 0 rings (SSSR count). The summed E-state index contributed by atoms with van der Waals surface area (Å²) < 4.78 is 13.8. The van der Waals surface area contributed by atoms with Crippen molar-refractivity contribution in [3.05, 3.63) is 11.5 Å². The van der Waals surface area contributed by atoms with Gasteiger partial charge in [-0.1, -0.05) is 26.8 Å². The minimum Gasteiger partial charge on any atom is -0.244 e. The molecule has 2 heteroatoms. The van der Waals surface area contributed by atoms with E-state index < -0.39 is 5.67 Å². The van der Waals surface area contributed by atoms with E-state index in [9.17, 15) is 4.39 Å². The Hall–Kier alpha value is 0.0200. The van der Waals surface area contributed by atoms with Gasteiger partial charge >= 0.3 is 0 Å². The summed E-state index contributed by atoms with van der Waals surface area (Å²) in [6, 6.07) is 0. The molecule has 2 atom stereocenters. The maximum absolute atomic E-state index is 13.8. The van der Waals surface area contributed by atoms with Gasteiger partial charge in [-0.25, -0.2) is 4.39 Å². The zero-order chi connectivity index (χ0) is 11.2. The predicted molar refractivity (Wildman–Crippen MR) is 65.5 cm³/mol. The summed E-state index contributed by atoms with van der Waals surface area (Å²) in [7, 11) is 0. The second-order valence-electron chi connectivity index (χ2n) is 4.27. The summed E-state index contributed by atoms with van der Waals surface area (Å²) in [4.78, 5) is 1.16. The summed E-state index contributed by atoms with van der Waals surface area (Å²) in [6.45, 7) is 9.83. The van der Waals surface area contributed by atoms with Crippen LogP contribution in [0.25, 0.3) is 0 Å². The van der Waals surface area contributed by atoms with Crippen molar-refractivity contribution in [1.82, 2.24) is 0 Å². The van der Waals surface area contributed by atoms with E-state index in [2.05, 4.69) is 13.5 Å². The van der Waals surface area contributed by atoms with E-state index in [4.69, 9.17) is 0 Å². The molecule has 0 aliphatic rings. The maximum Gasteiger partial charge on any atom is 0.108 e. The monoisotopic (exact) mass is 218 g/mol. The van der Waals surface area contributed by atoms with Gasteiger partial charge in [-0.15, -0.1) is 11.8 Å². The number of hydrogen-bond acceptors (Lipinski definition) is 1. The molecule has 0 N–H and O–H groups in total. The van der Waals surface area contributed by atoms with Crippen LogP contribution in [0.4, 0.5) is 4.39 Å². The molecular weight excluding hydrogens is 195 g/mol. The summed E-state index contributed by atoms with van der Waals surface area (Å²) >= 11 is 1.68. The molecule has 0 spiro atoms. The molecule has 0 bridgehead atoms. The normalized spacial score (nSPS) is 17.5. The van der Waals surface area contributed by atoms with Crippen LogP contribution in [0.3, 0.4) is 0 Å². The van der Waals surface area contributed by atoms with Crippen LogP contribution in [0.2, 0.25) is 0 Å². The molecule has 0 aromatic rings. The van der Waals surface area contributed by atoms with Crippen molar-refractivity contribution in [1.29, 1.82) is 0 Å². The van der Waals surface area contributed by atoms with Gasteiger partial charge in [0.05, 0.1) is 0 Å². The first-order valence-electron chi connectivity index (χ1n) is 5.34. The third-order valence-electron chi connectivity index (χ3n) is 2.68. The van der Waals surface area contributed by atoms with E-state index in [1.165, 1.54) is 0 Å². The topological polar surface area (TPSA) is 0 Å². The molecule has 0 nitrogen and oxygen atoms in total. The third-order valence-corrected chi connectivity index (χ3v) is 3.61. The van der Waals surface area contributed by atoms with Gasteiger partial charge in [-0.2, -0.15) is 0 Å². The lowest BCUT2D eigenvalue weighted by atomic mass is 9.92. The highest BCUT2D eigenvalue weighted by molar-refractivity contribution is 8.02. The highest BCUT2D eigenvalue weighted by atomic mass is 32.2. The molecule has 2 unspecified atom stereocenters. The Morgan fingerprint density at radius 3 is 2.50 bits per heavy atom. The summed E-state index contributed by atoms with van der Waals surface area (Å²) in [5.41, 5.74) is -0.984. The van der Waals surface area contributed by atoms with Gasteiger partial charge in [0.2, 0.25) is 0 Å². The van der Waals surface area contributed by atoms with Gasteiger partial charge < -0.3 is 0 Å². The van der Waals surface area contributed by atoms with Gasteiger partial charge in [0, 0.05) is 0 Å². The average molecular weight is 218 g/mol. The number of allylic oxidation sites excluding steroid dienone is 1. The lowest BCUT2D eigenvalue weighted by Crippen LogP contribution is -2.18. The number of rotatable bonds is 7. The Morgan fingerprint density at radius 1 is 1.50 bits per heavy atom. The van der Waals surface area contributed by atoms with E-state index in [1.807, 2.05) is 13.2 Å². The Morgan fingerprint density at radius 2 is 2.07 bits per heavy atom. The molecule has 84 valence electrons. The first-order chi connectivity index (χ1) is 6.43. The molecule has 14 heavy (non-hydrogen) atoms. The van der Waals surface area contributed by atoms with Crippen molar-refractivity contribution >= 4 is 11.8 Å². The van der Waals surface area contributed by atoms with E-state index in [0.29, 0.717) is 18.8 Å². The summed E-state index contributed by atoms with van der Waals surface area (Å²) in [5, 5.41) is 0. The van der Waals surface area contributed by atoms with Crippen LogP contribution >= 0.6 is 11.8 Å². The van der Waals surface area contributed by atoms with Crippen molar-refractivity contribution in [2.45, 2.75) is 52.1 Å². The molecule has 0 fully saturated rings. The van der Waals surface area contributed by atoms with Crippen molar-refractivity contribution < 1.29 is 4.39 Å². The molecule has 0 saturated heterocycles. The smallest absolute Gasteiger partial charge is 0.108 e. The van der Waals surface area contributed by atoms with E-state index in [-0.39, 0.29) is 0 Å². The van der Waals surface area contributed by atoms with Crippen LogP contribution in [-0.4, -0.2) is 11.9 Å². The second-order valence-corrected chi connectivity index (χ2v) is 5.21. The molecule has 0 aliphatic heterocycles. The molecule has 0 radical (unpaired) electrons. The van der Waals surface area contributed by atoms with E-state index in [1.54, 1.807) is 18.7 Å². The molecule has 0 heterocycles. The van der Waals surface area contributed by atoms with Crippen LogP contribution in [0, 0.1) is 5.92 Å². The average Bonchev–Trinajstić information content (AvgIpc) is 2.13. The van der Waals surface area contributed by atoms with Crippen LogP contribution < -0.4 is 0 Å². The largest absolute Gasteiger partial charge is 0.244 e. The number of halogens is 1. The quantitative estimate of drug-likeness (QED) is 0.591. The standard InChI is InChI=1S/C12H23FS/c1-6-8-12(4,13)9-7-10(2)11(3)14-5/h10H,3,6-9H2,1-2,4-5H3. The molecular formula is C12H23FS. The molecule has 0 aromatic carbocycles. The first kappa shape index (κ1) is 14.0.